The Balaban J connectivity index is 1.23. The van der Waals surface area contributed by atoms with Crippen molar-refractivity contribution in [1.29, 1.82) is 0 Å². The van der Waals surface area contributed by atoms with Crippen molar-refractivity contribution in [3.8, 4) is 44.9 Å². The van der Waals surface area contributed by atoms with Gasteiger partial charge in [-0.3, -0.25) is 0 Å². The highest BCUT2D eigenvalue weighted by molar-refractivity contribution is 5.98. The van der Waals surface area contributed by atoms with Crippen molar-refractivity contribution in [1.82, 2.24) is 0 Å². The minimum absolute atomic E-state index is 0.534. The van der Waals surface area contributed by atoms with Crippen LogP contribution in [0.1, 0.15) is 22.3 Å². The molecule has 2 heteroatoms. The maximum absolute atomic E-state index is 6.60. The molecule has 0 saturated carbocycles. The SMILES string of the molecule is c1ccc(-c2ccc(N(c3ccc(-c4ccccc4)cc3)c3cccc4c3-c3ccccc3C43c4ccccc4Oc4ccccc43)cc2)cc1. The molecule has 0 atom stereocenters. The highest BCUT2D eigenvalue weighted by Gasteiger charge is 2.51. The summed E-state index contributed by atoms with van der Waals surface area (Å²) in [5, 5.41) is 0. The van der Waals surface area contributed by atoms with E-state index in [2.05, 4.69) is 205 Å². The van der Waals surface area contributed by atoms with E-state index in [1.807, 2.05) is 0 Å². The molecule has 2 nitrogen and oxygen atoms in total. The van der Waals surface area contributed by atoms with E-state index in [-0.39, 0.29) is 0 Å². The predicted octanol–water partition coefficient (Wildman–Crippen LogP) is 13.0. The fraction of sp³-hybridized carbons (Fsp3) is 0.0204. The zero-order valence-electron chi connectivity index (χ0n) is 27.9. The lowest BCUT2D eigenvalue weighted by atomic mass is 9.66. The van der Waals surface area contributed by atoms with Crippen molar-refractivity contribution < 1.29 is 4.74 Å². The summed E-state index contributed by atoms with van der Waals surface area (Å²) in [6.45, 7) is 0. The highest BCUT2D eigenvalue weighted by Crippen LogP contribution is 2.64. The average Bonchev–Trinajstić information content (AvgIpc) is 3.50. The van der Waals surface area contributed by atoms with Crippen LogP contribution in [0.4, 0.5) is 17.1 Å². The Morgan fingerprint density at radius 1 is 0.333 bits per heavy atom. The third-order valence-corrected chi connectivity index (χ3v) is 10.6. The lowest BCUT2D eigenvalue weighted by molar-refractivity contribution is 0.436. The standard InChI is InChI=1S/C49H33NO/c1-3-14-34(15-4-1)36-26-30-38(31-27-36)50(39-32-28-37(29-33-39)35-16-5-2-6-17-35)45-23-13-22-44-48(45)40-18-7-8-19-41(40)49(44)42-20-9-11-24-46(42)51-47-25-12-10-21-43(47)49/h1-33H. The molecule has 8 aromatic carbocycles. The number of ether oxygens (including phenoxy) is 1. The summed E-state index contributed by atoms with van der Waals surface area (Å²) < 4.78 is 6.60. The Morgan fingerprint density at radius 2 is 0.765 bits per heavy atom. The van der Waals surface area contributed by atoms with Gasteiger partial charge in [0.1, 0.15) is 11.5 Å². The molecule has 8 aromatic rings. The van der Waals surface area contributed by atoms with Gasteiger partial charge in [0.25, 0.3) is 0 Å². The van der Waals surface area contributed by atoms with Crippen LogP contribution in [-0.2, 0) is 5.41 Å². The first-order valence-electron chi connectivity index (χ1n) is 17.5. The normalized spacial score (nSPS) is 13.0. The second kappa shape index (κ2) is 11.8. The van der Waals surface area contributed by atoms with E-state index < -0.39 is 5.41 Å². The molecule has 1 spiro atoms. The maximum atomic E-state index is 6.60. The number of hydrogen-bond donors (Lipinski definition) is 0. The molecule has 0 amide bonds. The van der Waals surface area contributed by atoms with E-state index in [4.69, 9.17) is 4.74 Å². The molecular formula is C49H33NO. The molecule has 240 valence electrons. The van der Waals surface area contributed by atoms with Crippen LogP contribution in [0.2, 0.25) is 0 Å². The molecule has 1 heterocycles. The predicted molar refractivity (Wildman–Crippen MR) is 209 cm³/mol. The minimum Gasteiger partial charge on any atom is -0.457 e. The summed E-state index contributed by atoms with van der Waals surface area (Å²) in [5.41, 5.74) is 14.9. The van der Waals surface area contributed by atoms with Crippen molar-refractivity contribution in [3.63, 3.8) is 0 Å². The molecule has 0 N–H and O–H groups in total. The van der Waals surface area contributed by atoms with Gasteiger partial charge in [0.05, 0.1) is 11.1 Å². The molecule has 1 aliphatic heterocycles. The van der Waals surface area contributed by atoms with Crippen LogP contribution in [0.25, 0.3) is 33.4 Å². The molecule has 2 aliphatic rings. The van der Waals surface area contributed by atoms with Gasteiger partial charge in [0.15, 0.2) is 0 Å². The van der Waals surface area contributed by atoms with Crippen LogP contribution in [0.5, 0.6) is 11.5 Å². The minimum atomic E-state index is -0.534. The first-order valence-corrected chi connectivity index (χ1v) is 17.5. The molecule has 0 radical (unpaired) electrons. The van der Waals surface area contributed by atoms with E-state index in [9.17, 15) is 0 Å². The van der Waals surface area contributed by atoms with E-state index >= 15 is 0 Å². The summed E-state index contributed by atoms with van der Waals surface area (Å²) in [7, 11) is 0. The van der Waals surface area contributed by atoms with Gasteiger partial charge in [0, 0.05) is 28.1 Å². The number of fused-ring (bicyclic) bond motifs is 9. The summed E-state index contributed by atoms with van der Waals surface area (Å²) in [6.07, 6.45) is 0. The third-order valence-electron chi connectivity index (χ3n) is 10.6. The Bertz CT molecular complexity index is 2410. The topological polar surface area (TPSA) is 12.5 Å². The van der Waals surface area contributed by atoms with Crippen molar-refractivity contribution >= 4 is 17.1 Å². The van der Waals surface area contributed by atoms with E-state index in [1.54, 1.807) is 0 Å². The van der Waals surface area contributed by atoms with Crippen molar-refractivity contribution in [2.45, 2.75) is 5.41 Å². The molecule has 51 heavy (non-hydrogen) atoms. The van der Waals surface area contributed by atoms with Crippen LogP contribution in [-0.4, -0.2) is 0 Å². The fourth-order valence-electron chi connectivity index (χ4n) is 8.36. The summed E-state index contributed by atoms with van der Waals surface area (Å²) in [5.74, 6) is 1.79. The zero-order valence-corrected chi connectivity index (χ0v) is 27.9. The Morgan fingerprint density at radius 3 is 1.31 bits per heavy atom. The quantitative estimate of drug-likeness (QED) is 0.184. The van der Waals surface area contributed by atoms with Crippen molar-refractivity contribution in [2.75, 3.05) is 4.90 Å². The van der Waals surface area contributed by atoms with Crippen LogP contribution in [0.15, 0.2) is 200 Å². The molecule has 0 saturated heterocycles. The van der Waals surface area contributed by atoms with Gasteiger partial charge in [-0.1, -0.05) is 158 Å². The van der Waals surface area contributed by atoms with Crippen LogP contribution < -0.4 is 9.64 Å². The smallest absolute Gasteiger partial charge is 0.132 e. The average molecular weight is 652 g/mol. The van der Waals surface area contributed by atoms with Gasteiger partial charge in [-0.05, 0) is 81.4 Å². The molecular weight excluding hydrogens is 619 g/mol. The van der Waals surface area contributed by atoms with Crippen molar-refractivity contribution in [2.24, 2.45) is 0 Å². The number of anilines is 3. The lowest BCUT2D eigenvalue weighted by Crippen LogP contribution is -2.32. The summed E-state index contributed by atoms with van der Waals surface area (Å²) in [6, 6.07) is 72.0. The zero-order chi connectivity index (χ0) is 33.8. The Hall–Kier alpha value is -6.64. The summed E-state index contributed by atoms with van der Waals surface area (Å²) >= 11 is 0. The second-order valence-corrected chi connectivity index (χ2v) is 13.3. The number of hydrogen-bond acceptors (Lipinski definition) is 2. The highest BCUT2D eigenvalue weighted by atomic mass is 16.5. The number of benzene rings is 8. The van der Waals surface area contributed by atoms with Gasteiger partial charge in [-0.2, -0.15) is 0 Å². The Labute approximate surface area is 298 Å². The third kappa shape index (κ3) is 4.50. The monoisotopic (exact) mass is 651 g/mol. The molecule has 10 rings (SSSR count). The van der Waals surface area contributed by atoms with Crippen LogP contribution in [0.3, 0.4) is 0 Å². The van der Waals surface area contributed by atoms with Gasteiger partial charge >= 0.3 is 0 Å². The number of para-hydroxylation sites is 2. The fourth-order valence-corrected chi connectivity index (χ4v) is 8.36. The molecule has 1 aliphatic carbocycles. The number of nitrogens with zero attached hydrogens (tertiary/aromatic N) is 1. The molecule has 0 fully saturated rings. The lowest BCUT2D eigenvalue weighted by Gasteiger charge is -2.39. The molecule has 0 aromatic heterocycles. The number of rotatable bonds is 5. The summed E-state index contributed by atoms with van der Waals surface area (Å²) in [4.78, 5) is 2.43. The largest absolute Gasteiger partial charge is 0.457 e. The first kappa shape index (κ1) is 29.3. The van der Waals surface area contributed by atoms with E-state index in [0.29, 0.717) is 0 Å². The van der Waals surface area contributed by atoms with Crippen LogP contribution in [0, 0.1) is 0 Å². The molecule has 0 bridgehead atoms. The Kier molecular flexibility index (Phi) is 6.75. The second-order valence-electron chi connectivity index (χ2n) is 13.3. The van der Waals surface area contributed by atoms with Gasteiger partial charge in [-0.15, -0.1) is 0 Å². The van der Waals surface area contributed by atoms with Crippen LogP contribution >= 0.6 is 0 Å². The van der Waals surface area contributed by atoms with Gasteiger partial charge in [0.2, 0.25) is 0 Å². The van der Waals surface area contributed by atoms with E-state index in [1.165, 1.54) is 44.5 Å². The van der Waals surface area contributed by atoms with E-state index in [0.717, 1.165) is 39.7 Å². The molecule has 0 unspecified atom stereocenters. The van der Waals surface area contributed by atoms with Gasteiger partial charge < -0.3 is 9.64 Å². The van der Waals surface area contributed by atoms with Gasteiger partial charge in [-0.25, -0.2) is 0 Å². The first-order chi connectivity index (χ1) is 25.3. The van der Waals surface area contributed by atoms with Crippen molar-refractivity contribution in [3.05, 3.63) is 222 Å². The maximum Gasteiger partial charge on any atom is 0.132 e.